The van der Waals surface area contributed by atoms with Crippen molar-refractivity contribution in [1.29, 1.82) is 0 Å². The highest BCUT2D eigenvalue weighted by molar-refractivity contribution is 6.53. The molecule has 0 fully saturated rings. The average molecular weight is 315 g/mol. The molecule has 0 saturated heterocycles. The lowest BCUT2D eigenvalue weighted by Gasteiger charge is -2.12. The lowest BCUT2D eigenvalue weighted by Crippen LogP contribution is -2.23. The van der Waals surface area contributed by atoms with Crippen molar-refractivity contribution in [1.82, 2.24) is 0 Å². The van der Waals surface area contributed by atoms with Crippen molar-refractivity contribution in [2.45, 2.75) is 13.8 Å². The number of rotatable bonds is 2. The fourth-order valence-electron chi connectivity index (χ4n) is 2.41. The Morgan fingerprint density at radius 2 is 1.64 bits per heavy atom. The van der Waals surface area contributed by atoms with Crippen LogP contribution in [0.3, 0.4) is 0 Å². The van der Waals surface area contributed by atoms with Crippen LogP contribution >= 0.6 is 11.6 Å². The third-order valence-electron chi connectivity index (χ3n) is 3.82. The van der Waals surface area contributed by atoms with Crippen LogP contribution in [0.15, 0.2) is 40.5 Å². The summed E-state index contributed by atoms with van der Waals surface area (Å²) in [4.78, 5) is 36.8. The lowest BCUT2D eigenvalue weighted by molar-refractivity contribution is -0.111. The summed E-state index contributed by atoms with van der Waals surface area (Å²) >= 11 is 5.80. The van der Waals surface area contributed by atoms with Crippen LogP contribution in [0.2, 0.25) is 5.02 Å². The molecule has 22 heavy (non-hydrogen) atoms. The van der Waals surface area contributed by atoms with Crippen LogP contribution < -0.4 is 0 Å². The number of allylic oxidation sites excluding steroid dienone is 2. The minimum atomic E-state index is -0.704. The maximum absolute atomic E-state index is 12.5. The Balaban J connectivity index is 2.14. The first-order valence-electron chi connectivity index (χ1n) is 6.60. The van der Waals surface area contributed by atoms with E-state index in [1.807, 2.05) is 0 Å². The first-order chi connectivity index (χ1) is 10.4. The molecule has 0 atom stereocenters. The zero-order valence-electron chi connectivity index (χ0n) is 11.9. The van der Waals surface area contributed by atoms with Crippen molar-refractivity contribution in [3.05, 3.63) is 63.6 Å². The van der Waals surface area contributed by atoms with Crippen LogP contribution in [0, 0.1) is 0 Å². The molecule has 0 radical (unpaired) electrons. The standard InChI is InChI=1S/C17H11ClO4/c1-8-9(2)17-13(16(21)14(8)19)12(7-22-17)15(20)10-3-5-11(18)6-4-10/h3-7H,1-2H3. The van der Waals surface area contributed by atoms with Crippen molar-refractivity contribution >= 4 is 34.5 Å². The van der Waals surface area contributed by atoms with Gasteiger partial charge < -0.3 is 4.42 Å². The van der Waals surface area contributed by atoms with Gasteiger partial charge >= 0.3 is 0 Å². The SMILES string of the molecule is CC1=C(C)c2occ(C(=O)c3ccc(Cl)cc3)c2C(=O)C1=O. The largest absolute Gasteiger partial charge is 0.463 e. The molecule has 1 heterocycles. The van der Waals surface area contributed by atoms with Crippen LogP contribution in [0.5, 0.6) is 0 Å². The van der Waals surface area contributed by atoms with Crippen LogP contribution in [0.25, 0.3) is 5.57 Å². The van der Waals surface area contributed by atoms with Gasteiger partial charge in [-0.25, -0.2) is 0 Å². The van der Waals surface area contributed by atoms with E-state index in [9.17, 15) is 14.4 Å². The van der Waals surface area contributed by atoms with Crippen LogP contribution in [-0.2, 0) is 4.79 Å². The smallest absolute Gasteiger partial charge is 0.237 e. The maximum atomic E-state index is 12.5. The molecule has 0 amide bonds. The monoisotopic (exact) mass is 314 g/mol. The quantitative estimate of drug-likeness (QED) is 0.626. The highest BCUT2D eigenvalue weighted by atomic mass is 35.5. The topological polar surface area (TPSA) is 64.3 Å². The number of fused-ring (bicyclic) bond motifs is 1. The number of ketones is 3. The van der Waals surface area contributed by atoms with E-state index in [4.69, 9.17) is 16.0 Å². The molecule has 110 valence electrons. The molecule has 3 rings (SSSR count). The molecular weight excluding hydrogens is 304 g/mol. The highest BCUT2D eigenvalue weighted by Gasteiger charge is 2.35. The van der Waals surface area contributed by atoms with E-state index in [2.05, 4.69) is 0 Å². The number of Topliss-reactive ketones (excluding diaryl/α,β-unsaturated/α-hetero) is 2. The summed E-state index contributed by atoms with van der Waals surface area (Å²) in [7, 11) is 0. The minimum Gasteiger partial charge on any atom is -0.463 e. The molecule has 0 bridgehead atoms. The predicted octanol–water partition coefficient (Wildman–Crippen LogP) is 3.72. The van der Waals surface area contributed by atoms with Crippen molar-refractivity contribution in [3.63, 3.8) is 0 Å². The molecule has 5 heteroatoms. The zero-order chi connectivity index (χ0) is 16.0. The molecule has 1 aromatic carbocycles. The van der Waals surface area contributed by atoms with Gasteiger partial charge in [-0.2, -0.15) is 0 Å². The first-order valence-corrected chi connectivity index (χ1v) is 6.98. The normalized spacial score (nSPS) is 14.3. The number of carbonyl (C=O) groups excluding carboxylic acids is 3. The Morgan fingerprint density at radius 3 is 2.27 bits per heavy atom. The molecule has 0 aliphatic heterocycles. The fraction of sp³-hybridized carbons (Fsp3) is 0.118. The molecule has 0 spiro atoms. The summed E-state index contributed by atoms with van der Waals surface area (Å²) in [6.45, 7) is 3.26. The molecule has 1 aliphatic carbocycles. The number of hydrogen-bond donors (Lipinski definition) is 0. The van der Waals surface area contributed by atoms with Gasteiger partial charge in [0, 0.05) is 16.2 Å². The van der Waals surface area contributed by atoms with Gasteiger partial charge in [0.2, 0.25) is 11.6 Å². The van der Waals surface area contributed by atoms with E-state index >= 15 is 0 Å². The second kappa shape index (κ2) is 5.07. The second-order valence-electron chi connectivity index (χ2n) is 5.10. The minimum absolute atomic E-state index is 0.0491. The maximum Gasteiger partial charge on any atom is 0.237 e. The highest BCUT2D eigenvalue weighted by Crippen LogP contribution is 2.33. The second-order valence-corrected chi connectivity index (χ2v) is 5.53. The van der Waals surface area contributed by atoms with Gasteiger partial charge in [-0.15, -0.1) is 0 Å². The van der Waals surface area contributed by atoms with Crippen molar-refractivity contribution in [2.24, 2.45) is 0 Å². The van der Waals surface area contributed by atoms with Gasteiger partial charge in [0.05, 0.1) is 11.1 Å². The van der Waals surface area contributed by atoms with Crippen molar-refractivity contribution < 1.29 is 18.8 Å². The Labute approximate surface area is 131 Å². The van der Waals surface area contributed by atoms with E-state index < -0.39 is 11.6 Å². The van der Waals surface area contributed by atoms with E-state index in [1.54, 1.807) is 38.1 Å². The molecule has 1 aliphatic rings. The Kier molecular flexibility index (Phi) is 3.34. The molecule has 0 unspecified atom stereocenters. The number of carbonyl (C=O) groups is 3. The number of halogens is 1. The zero-order valence-corrected chi connectivity index (χ0v) is 12.7. The molecule has 2 aromatic rings. The summed E-state index contributed by atoms with van der Waals surface area (Å²) in [6.07, 6.45) is 1.23. The van der Waals surface area contributed by atoms with Gasteiger partial charge in [0.15, 0.2) is 5.78 Å². The van der Waals surface area contributed by atoms with Gasteiger partial charge in [-0.1, -0.05) is 11.6 Å². The van der Waals surface area contributed by atoms with Gasteiger partial charge in [-0.05, 0) is 43.7 Å². The summed E-state index contributed by atoms with van der Waals surface area (Å²) in [5, 5.41) is 0.506. The number of hydrogen-bond acceptors (Lipinski definition) is 4. The lowest BCUT2D eigenvalue weighted by atomic mass is 9.87. The Bertz CT molecular complexity index is 853. The molecule has 0 N–H and O–H groups in total. The summed E-state index contributed by atoms with van der Waals surface area (Å²) in [5.74, 6) is -1.39. The van der Waals surface area contributed by atoms with Gasteiger partial charge in [0.1, 0.15) is 12.0 Å². The summed E-state index contributed by atoms with van der Waals surface area (Å²) in [6, 6.07) is 6.30. The predicted molar refractivity (Wildman–Crippen MR) is 81.2 cm³/mol. The van der Waals surface area contributed by atoms with E-state index in [0.29, 0.717) is 27.5 Å². The molecular formula is C17H11ClO4. The summed E-state index contributed by atoms with van der Waals surface area (Å²) in [5.41, 5.74) is 1.44. The van der Waals surface area contributed by atoms with Crippen LogP contribution in [0.1, 0.15) is 45.9 Å². The molecule has 1 aromatic heterocycles. The van der Waals surface area contributed by atoms with Crippen molar-refractivity contribution in [3.8, 4) is 0 Å². The van der Waals surface area contributed by atoms with E-state index in [1.165, 1.54) is 6.26 Å². The number of benzene rings is 1. The fourth-order valence-corrected chi connectivity index (χ4v) is 2.53. The average Bonchev–Trinajstić information content (AvgIpc) is 2.96. The van der Waals surface area contributed by atoms with E-state index in [0.717, 1.165) is 0 Å². The van der Waals surface area contributed by atoms with Crippen LogP contribution in [0.4, 0.5) is 0 Å². The van der Waals surface area contributed by atoms with Crippen LogP contribution in [-0.4, -0.2) is 17.3 Å². The summed E-state index contributed by atoms with van der Waals surface area (Å²) < 4.78 is 5.38. The van der Waals surface area contributed by atoms with Crippen molar-refractivity contribution in [2.75, 3.05) is 0 Å². The molecule has 4 nitrogen and oxygen atoms in total. The van der Waals surface area contributed by atoms with Gasteiger partial charge in [-0.3, -0.25) is 14.4 Å². The molecule has 0 saturated carbocycles. The van der Waals surface area contributed by atoms with Gasteiger partial charge in [0.25, 0.3) is 0 Å². The Hall–Kier alpha value is -2.46. The third-order valence-corrected chi connectivity index (χ3v) is 4.07. The Morgan fingerprint density at radius 1 is 1.00 bits per heavy atom. The first kappa shape index (κ1) is 14.5. The third kappa shape index (κ3) is 2.04. The number of furan rings is 1. The van der Waals surface area contributed by atoms with E-state index in [-0.39, 0.29) is 16.9 Å².